The number of pyridine rings is 3. The standard InChI is InChI=1S/C30H32N8O3S/c1-40-29-5-2-20(13-34-29)16-37-23-10-24(37)18-36(17-23)28-4-3-21(14-33-28)27-11-26(19-38-30(27)22(12-31)15-35-38)41-25-6-8-42(32,39)9-7-25/h2-5,11,13-15,19,23-25,32H,6-10,16-18H2,1H3. The predicted octanol–water partition coefficient (Wildman–Crippen LogP) is 3.72. The van der Waals surface area contributed by atoms with Crippen LogP contribution in [0.1, 0.15) is 30.4 Å². The van der Waals surface area contributed by atoms with E-state index in [-0.39, 0.29) is 6.10 Å². The highest BCUT2D eigenvalue weighted by molar-refractivity contribution is 7.92. The molecule has 4 aromatic heterocycles. The molecule has 4 saturated heterocycles. The van der Waals surface area contributed by atoms with Gasteiger partial charge in [-0.25, -0.2) is 18.7 Å². The quantitative estimate of drug-likeness (QED) is 0.345. The lowest BCUT2D eigenvalue weighted by molar-refractivity contribution is -0.00876. The van der Waals surface area contributed by atoms with Crippen LogP contribution in [-0.2, 0) is 16.3 Å². The fraction of sp³-hybridized carbons (Fsp3) is 0.400. The lowest BCUT2D eigenvalue weighted by atomic mass is 9.87. The van der Waals surface area contributed by atoms with E-state index in [1.165, 1.54) is 12.0 Å². The monoisotopic (exact) mass is 584 g/mol. The Bertz CT molecular complexity index is 1740. The van der Waals surface area contributed by atoms with Gasteiger partial charge in [-0.1, -0.05) is 6.07 Å². The predicted molar refractivity (Wildman–Crippen MR) is 158 cm³/mol. The molecule has 0 spiro atoms. The van der Waals surface area contributed by atoms with Crippen LogP contribution in [0.4, 0.5) is 5.82 Å². The maximum Gasteiger partial charge on any atom is 0.212 e. The van der Waals surface area contributed by atoms with E-state index in [0.29, 0.717) is 59.1 Å². The van der Waals surface area contributed by atoms with Crippen LogP contribution in [0.3, 0.4) is 0 Å². The third-order valence-electron chi connectivity index (χ3n) is 8.65. The molecular weight excluding hydrogens is 552 g/mol. The molecule has 11 nitrogen and oxygen atoms in total. The summed E-state index contributed by atoms with van der Waals surface area (Å²) < 4.78 is 33.1. The van der Waals surface area contributed by atoms with Gasteiger partial charge in [0.1, 0.15) is 23.7 Å². The van der Waals surface area contributed by atoms with E-state index in [2.05, 4.69) is 38.1 Å². The smallest absolute Gasteiger partial charge is 0.212 e. The van der Waals surface area contributed by atoms with Gasteiger partial charge in [0, 0.05) is 82.5 Å². The van der Waals surface area contributed by atoms with Gasteiger partial charge in [0.25, 0.3) is 0 Å². The van der Waals surface area contributed by atoms with Crippen molar-refractivity contribution in [2.75, 3.05) is 36.6 Å². The molecule has 216 valence electrons. The van der Waals surface area contributed by atoms with Crippen LogP contribution < -0.4 is 14.4 Å². The van der Waals surface area contributed by atoms with Crippen molar-refractivity contribution in [1.29, 1.82) is 10.0 Å². The van der Waals surface area contributed by atoms with E-state index in [4.69, 9.17) is 19.2 Å². The second-order valence-corrected chi connectivity index (χ2v) is 13.8. The Hall–Kier alpha value is -4.21. The van der Waals surface area contributed by atoms with Crippen molar-refractivity contribution in [2.24, 2.45) is 0 Å². The van der Waals surface area contributed by atoms with Crippen LogP contribution in [0, 0.1) is 16.1 Å². The van der Waals surface area contributed by atoms with E-state index in [0.717, 1.165) is 36.6 Å². The van der Waals surface area contributed by atoms with Gasteiger partial charge in [-0.05, 0) is 43.0 Å². The van der Waals surface area contributed by atoms with Gasteiger partial charge < -0.3 is 14.4 Å². The molecule has 2 bridgehead atoms. The summed E-state index contributed by atoms with van der Waals surface area (Å²) in [5, 5.41) is 14.1. The lowest BCUT2D eigenvalue weighted by Crippen LogP contribution is -2.68. The van der Waals surface area contributed by atoms with Crippen molar-refractivity contribution in [2.45, 2.75) is 44.0 Å². The number of hydrogen-bond donors (Lipinski definition) is 1. The normalized spacial score (nSPS) is 25.5. The Balaban J connectivity index is 1.08. The molecule has 12 heteroatoms. The van der Waals surface area contributed by atoms with Crippen molar-refractivity contribution >= 4 is 21.1 Å². The zero-order valence-electron chi connectivity index (χ0n) is 23.3. The van der Waals surface area contributed by atoms with Crippen LogP contribution in [-0.4, -0.2) is 78.6 Å². The summed E-state index contributed by atoms with van der Waals surface area (Å²) in [6.07, 6.45) is 9.36. The number of fused-ring (bicyclic) bond motifs is 3. The fourth-order valence-corrected chi connectivity index (χ4v) is 7.86. The Morgan fingerprint density at radius 3 is 2.57 bits per heavy atom. The average Bonchev–Trinajstić information content (AvgIpc) is 3.44. The van der Waals surface area contributed by atoms with Crippen molar-refractivity contribution in [3.63, 3.8) is 0 Å². The molecule has 0 aromatic carbocycles. The summed E-state index contributed by atoms with van der Waals surface area (Å²) in [5.41, 5.74) is 4.08. The van der Waals surface area contributed by atoms with E-state index in [1.54, 1.807) is 24.0 Å². The number of piperidine rings is 1. The van der Waals surface area contributed by atoms with Crippen molar-refractivity contribution < 1.29 is 13.7 Å². The molecule has 2 atom stereocenters. The maximum absolute atomic E-state index is 12.1. The van der Waals surface area contributed by atoms with Gasteiger partial charge in [-0.3, -0.25) is 9.68 Å². The molecule has 4 aliphatic rings. The summed E-state index contributed by atoms with van der Waals surface area (Å²) >= 11 is 0. The molecule has 4 aromatic rings. The largest absolute Gasteiger partial charge is 0.489 e. The fourth-order valence-electron chi connectivity index (χ4n) is 6.36. The second kappa shape index (κ2) is 10.6. The van der Waals surface area contributed by atoms with E-state index >= 15 is 0 Å². The Morgan fingerprint density at radius 2 is 1.90 bits per heavy atom. The van der Waals surface area contributed by atoms with Crippen molar-refractivity contribution in [3.05, 3.63) is 66.2 Å². The molecule has 0 saturated carbocycles. The molecule has 4 fully saturated rings. The SMILES string of the molecule is COc1ccc(CN2C3CC2CN(c2ccc(-c4cc(OC5CCS(=N)(=O)CC5)cn5ncc(C#N)c45)cn2)C3)cn1. The highest BCUT2D eigenvalue weighted by Crippen LogP contribution is 2.37. The van der Waals surface area contributed by atoms with E-state index in [1.807, 2.05) is 30.6 Å². The number of nitrogens with one attached hydrogen (secondary N) is 1. The molecule has 0 amide bonds. The highest BCUT2D eigenvalue weighted by atomic mass is 32.2. The molecule has 0 aliphatic carbocycles. The van der Waals surface area contributed by atoms with Crippen molar-refractivity contribution in [3.8, 4) is 28.8 Å². The average molecular weight is 585 g/mol. The number of aromatic nitrogens is 4. The molecule has 42 heavy (non-hydrogen) atoms. The number of anilines is 1. The third kappa shape index (κ3) is 5.03. The molecule has 8 rings (SSSR count). The Kier molecular flexibility index (Phi) is 6.71. The van der Waals surface area contributed by atoms with E-state index in [9.17, 15) is 9.47 Å². The van der Waals surface area contributed by atoms with Crippen LogP contribution >= 0.6 is 0 Å². The number of methoxy groups -OCH3 is 1. The second-order valence-electron chi connectivity index (χ2n) is 11.3. The molecule has 4 aliphatic heterocycles. The van der Waals surface area contributed by atoms with Gasteiger partial charge in [0.05, 0.1) is 30.6 Å². The Labute approximate surface area is 244 Å². The summed E-state index contributed by atoms with van der Waals surface area (Å²) in [6.45, 7) is 2.73. The first kappa shape index (κ1) is 26.7. The minimum atomic E-state index is -2.48. The number of nitrogens with zero attached hydrogens (tertiary/aromatic N) is 7. The number of piperazine rings is 1. The third-order valence-corrected chi connectivity index (χ3v) is 10.4. The molecule has 1 N–H and O–H groups in total. The number of rotatable bonds is 7. The highest BCUT2D eigenvalue weighted by Gasteiger charge is 2.44. The van der Waals surface area contributed by atoms with Gasteiger partial charge in [-0.2, -0.15) is 10.4 Å². The zero-order chi connectivity index (χ0) is 28.8. The summed E-state index contributed by atoms with van der Waals surface area (Å²) in [5.74, 6) is 2.91. The summed E-state index contributed by atoms with van der Waals surface area (Å²) in [4.78, 5) is 14.1. The van der Waals surface area contributed by atoms with E-state index < -0.39 is 9.73 Å². The lowest BCUT2D eigenvalue weighted by Gasteiger charge is -2.56. The number of hydrogen-bond acceptors (Lipinski definition) is 10. The molecule has 2 unspecified atom stereocenters. The molecule has 8 heterocycles. The van der Waals surface area contributed by atoms with Crippen molar-refractivity contribution in [1.82, 2.24) is 24.5 Å². The number of nitriles is 1. The minimum Gasteiger partial charge on any atom is -0.489 e. The Morgan fingerprint density at radius 1 is 1.10 bits per heavy atom. The first-order valence-electron chi connectivity index (χ1n) is 14.2. The molecule has 0 radical (unpaired) electrons. The molecular formula is C30H32N8O3S. The van der Waals surface area contributed by atoms with Gasteiger partial charge in [0.15, 0.2) is 0 Å². The number of ether oxygens (including phenoxy) is 2. The van der Waals surface area contributed by atoms with Gasteiger partial charge in [-0.15, -0.1) is 0 Å². The summed E-state index contributed by atoms with van der Waals surface area (Å²) in [7, 11) is -0.855. The summed E-state index contributed by atoms with van der Waals surface area (Å²) in [6, 6.07) is 13.2. The maximum atomic E-state index is 12.1. The minimum absolute atomic E-state index is 0.104. The first-order valence-corrected chi connectivity index (χ1v) is 16.1. The zero-order valence-corrected chi connectivity index (χ0v) is 24.2. The van der Waals surface area contributed by atoms with Crippen LogP contribution in [0.15, 0.2) is 55.1 Å². The van der Waals surface area contributed by atoms with Gasteiger partial charge in [0.2, 0.25) is 5.88 Å². The van der Waals surface area contributed by atoms with Crippen LogP contribution in [0.5, 0.6) is 11.6 Å². The van der Waals surface area contributed by atoms with Gasteiger partial charge >= 0.3 is 0 Å². The first-order chi connectivity index (χ1) is 20.4. The van der Waals surface area contributed by atoms with Crippen LogP contribution in [0.2, 0.25) is 0 Å². The topological polar surface area (TPSA) is 133 Å². The van der Waals surface area contributed by atoms with Crippen LogP contribution in [0.25, 0.3) is 16.6 Å².